The van der Waals surface area contributed by atoms with Crippen molar-refractivity contribution in [2.75, 3.05) is 13.2 Å². The van der Waals surface area contributed by atoms with Crippen LogP contribution in [0.4, 0.5) is 0 Å². The lowest BCUT2D eigenvalue weighted by Crippen LogP contribution is -2.30. The highest BCUT2D eigenvalue weighted by molar-refractivity contribution is 5.71. The first kappa shape index (κ1) is 78.6. The SMILES string of the molecule is CC/C=C\C/C=C\C/C=C\C/C=C\CCCCC(=O)OCC(COC(=O)CCCCCCCCCCCCCCCCCCCCCCC/C=C\C/C=C\CCCCCCC)OC(=O)CCCCCCC/C=C\CCCCCCCCC. The molecule has 6 heteroatoms. The van der Waals surface area contributed by atoms with Crippen LogP contribution in [-0.2, 0) is 28.6 Å². The third-order valence-corrected chi connectivity index (χ3v) is 15.6. The second-order valence-corrected chi connectivity index (χ2v) is 23.8. The Morgan fingerprint density at radius 2 is 0.476 bits per heavy atom. The molecule has 0 fully saturated rings. The van der Waals surface area contributed by atoms with E-state index >= 15 is 0 Å². The highest BCUT2D eigenvalue weighted by Gasteiger charge is 2.19. The largest absolute Gasteiger partial charge is 0.462 e. The Morgan fingerprint density at radius 1 is 0.256 bits per heavy atom. The zero-order chi connectivity index (χ0) is 59.2. The van der Waals surface area contributed by atoms with Gasteiger partial charge in [-0.1, -0.05) is 311 Å². The number of hydrogen-bond donors (Lipinski definition) is 0. The van der Waals surface area contributed by atoms with Crippen LogP contribution >= 0.6 is 0 Å². The van der Waals surface area contributed by atoms with Gasteiger partial charge in [-0.3, -0.25) is 14.4 Å². The average Bonchev–Trinajstić information content (AvgIpc) is 3.47. The molecule has 0 aliphatic rings. The molecule has 0 saturated heterocycles. The van der Waals surface area contributed by atoms with Crippen LogP contribution in [-0.4, -0.2) is 37.2 Å². The molecule has 1 unspecified atom stereocenters. The molecule has 0 aromatic carbocycles. The number of ether oxygens (including phenoxy) is 3. The smallest absolute Gasteiger partial charge is 0.306 e. The Bertz CT molecular complexity index is 1550. The fraction of sp³-hybridized carbons (Fsp3) is 0.776. The highest BCUT2D eigenvalue weighted by Crippen LogP contribution is 2.18. The Morgan fingerprint density at radius 3 is 0.780 bits per heavy atom. The van der Waals surface area contributed by atoms with Crippen molar-refractivity contribution in [1.82, 2.24) is 0 Å². The summed E-state index contributed by atoms with van der Waals surface area (Å²) >= 11 is 0. The molecule has 0 spiro atoms. The van der Waals surface area contributed by atoms with E-state index in [1.807, 2.05) is 0 Å². The van der Waals surface area contributed by atoms with E-state index in [1.54, 1.807) is 0 Å². The van der Waals surface area contributed by atoms with Gasteiger partial charge in [0.25, 0.3) is 0 Å². The molecule has 474 valence electrons. The number of esters is 3. The number of unbranched alkanes of at least 4 members (excludes halogenated alkanes) is 40. The first-order valence-corrected chi connectivity index (χ1v) is 35.6. The third-order valence-electron chi connectivity index (χ3n) is 15.6. The van der Waals surface area contributed by atoms with Crippen molar-refractivity contribution in [2.24, 2.45) is 0 Å². The van der Waals surface area contributed by atoms with Crippen LogP contribution in [0.15, 0.2) is 85.1 Å². The van der Waals surface area contributed by atoms with Crippen LogP contribution in [0.25, 0.3) is 0 Å². The first-order chi connectivity index (χ1) is 40.5. The van der Waals surface area contributed by atoms with Gasteiger partial charge in [-0.25, -0.2) is 0 Å². The first-order valence-electron chi connectivity index (χ1n) is 35.6. The molecule has 1 atom stereocenters. The van der Waals surface area contributed by atoms with Gasteiger partial charge in [-0.05, 0) is 116 Å². The fourth-order valence-corrected chi connectivity index (χ4v) is 10.3. The number of carbonyl (C=O) groups excluding carboxylic acids is 3. The predicted molar refractivity (Wildman–Crippen MR) is 358 cm³/mol. The van der Waals surface area contributed by atoms with Crippen LogP contribution in [0.5, 0.6) is 0 Å². The van der Waals surface area contributed by atoms with E-state index in [-0.39, 0.29) is 31.1 Å². The van der Waals surface area contributed by atoms with Crippen molar-refractivity contribution < 1.29 is 28.6 Å². The highest BCUT2D eigenvalue weighted by atomic mass is 16.6. The Labute approximate surface area is 509 Å². The molecule has 0 N–H and O–H groups in total. The maximum atomic E-state index is 12.9. The van der Waals surface area contributed by atoms with Gasteiger partial charge in [0, 0.05) is 19.3 Å². The molecule has 82 heavy (non-hydrogen) atoms. The molecule has 0 aliphatic heterocycles. The number of rotatable bonds is 65. The lowest BCUT2D eigenvalue weighted by atomic mass is 10.0. The van der Waals surface area contributed by atoms with Gasteiger partial charge in [0.1, 0.15) is 13.2 Å². The zero-order valence-corrected chi connectivity index (χ0v) is 54.5. The lowest BCUT2D eigenvalue weighted by Gasteiger charge is -2.18. The molecule has 6 nitrogen and oxygen atoms in total. The quantitative estimate of drug-likeness (QED) is 0.0261. The summed E-state index contributed by atoms with van der Waals surface area (Å²) < 4.78 is 16.9. The second-order valence-electron chi connectivity index (χ2n) is 23.8. The summed E-state index contributed by atoms with van der Waals surface area (Å²) in [5.74, 6) is -0.925. The molecule has 0 aromatic rings. The van der Waals surface area contributed by atoms with Crippen molar-refractivity contribution >= 4 is 17.9 Å². The van der Waals surface area contributed by atoms with Crippen molar-refractivity contribution in [2.45, 2.75) is 367 Å². The summed E-state index contributed by atoms with van der Waals surface area (Å²) in [7, 11) is 0. The minimum absolute atomic E-state index is 0.0899. The molecule has 0 aromatic heterocycles. The van der Waals surface area contributed by atoms with Crippen LogP contribution < -0.4 is 0 Å². The Balaban J connectivity index is 4.18. The summed E-state index contributed by atoms with van der Waals surface area (Å²) in [6.07, 6.45) is 93.5. The average molecular weight is 1140 g/mol. The van der Waals surface area contributed by atoms with Gasteiger partial charge in [0.2, 0.25) is 0 Å². The van der Waals surface area contributed by atoms with E-state index in [2.05, 4.69) is 106 Å². The molecule has 0 saturated carbocycles. The van der Waals surface area contributed by atoms with Gasteiger partial charge in [-0.2, -0.15) is 0 Å². The number of carbonyl (C=O) groups is 3. The van der Waals surface area contributed by atoms with Gasteiger partial charge in [0.05, 0.1) is 0 Å². The van der Waals surface area contributed by atoms with Gasteiger partial charge in [-0.15, -0.1) is 0 Å². The molecular formula is C76H134O6. The molecule has 0 radical (unpaired) electrons. The maximum absolute atomic E-state index is 12.9. The van der Waals surface area contributed by atoms with E-state index in [4.69, 9.17) is 14.2 Å². The minimum Gasteiger partial charge on any atom is -0.462 e. The van der Waals surface area contributed by atoms with Crippen molar-refractivity contribution in [1.29, 1.82) is 0 Å². The molecule has 0 heterocycles. The molecule has 0 amide bonds. The monoisotopic (exact) mass is 1140 g/mol. The second kappa shape index (κ2) is 70.1. The standard InChI is InChI=1S/C76H134O6/c1-4-7-10-13-16-19-22-25-28-30-31-32-33-34-35-36-37-38-39-40-41-42-43-44-45-46-49-51-54-57-60-63-66-69-75(78)81-72-73(71-80-74(77)68-65-62-59-56-53-50-47-27-24-21-18-15-12-9-6-3)82-76(79)70-67-64-61-58-55-52-48-29-26-23-20-17-14-11-8-5-2/h9,12,18,21-22,25,27,29-31,47-48,53,56,73H,4-8,10-11,13-17,19-20,23-24,26,28,32-46,49-52,54-55,57-72H2,1-3H3/b12-9-,21-18-,25-22-,31-30-,47-27-,48-29-,56-53-. The number of hydrogen-bond acceptors (Lipinski definition) is 6. The van der Waals surface area contributed by atoms with E-state index < -0.39 is 6.10 Å². The van der Waals surface area contributed by atoms with E-state index in [0.29, 0.717) is 19.3 Å². The normalized spacial score (nSPS) is 12.6. The van der Waals surface area contributed by atoms with Crippen LogP contribution in [0.2, 0.25) is 0 Å². The van der Waals surface area contributed by atoms with Crippen LogP contribution in [0.3, 0.4) is 0 Å². The Kier molecular flexibility index (Phi) is 67.2. The van der Waals surface area contributed by atoms with Crippen molar-refractivity contribution in [3.63, 3.8) is 0 Å². The summed E-state index contributed by atoms with van der Waals surface area (Å²) in [6.45, 7) is 6.51. The van der Waals surface area contributed by atoms with E-state index in [0.717, 1.165) is 103 Å². The summed E-state index contributed by atoms with van der Waals surface area (Å²) in [5, 5.41) is 0. The molecule has 0 rings (SSSR count). The molecule has 0 aliphatic carbocycles. The van der Waals surface area contributed by atoms with Crippen molar-refractivity contribution in [3.8, 4) is 0 Å². The Hall–Kier alpha value is -3.41. The summed E-state index contributed by atoms with van der Waals surface area (Å²) in [5.41, 5.74) is 0. The van der Waals surface area contributed by atoms with Crippen LogP contribution in [0, 0.1) is 0 Å². The lowest BCUT2D eigenvalue weighted by molar-refractivity contribution is -0.167. The zero-order valence-electron chi connectivity index (χ0n) is 54.5. The molecular weight excluding hydrogens is 1010 g/mol. The van der Waals surface area contributed by atoms with Crippen LogP contribution in [0.1, 0.15) is 361 Å². The number of allylic oxidation sites excluding steroid dienone is 14. The van der Waals surface area contributed by atoms with Crippen molar-refractivity contribution in [3.05, 3.63) is 85.1 Å². The topological polar surface area (TPSA) is 78.9 Å². The predicted octanol–water partition coefficient (Wildman–Crippen LogP) is 24.6. The van der Waals surface area contributed by atoms with E-state index in [9.17, 15) is 14.4 Å². The fourth-order valence-electron chi connectivity index (χ4n) is 10.3. The summed E-state index contributed by atoms with van der Waals surface area (Å²) in [4.78, 5) is 38.4. The van der Waals surface area contributed by atoms with E-state index in [1.165, 1.54) is 218 Å². The van der Waals surface area contributed by atoms with Gasteiger partial charge >= 0.3 is 17.9 Å². The molecule has 0 bridgehead atoms. The maximum Gasteiger partial charge on any atom is 0.306 e. The minimum atomic E-state index is -0.798. The van der Waals surface area contributed by atoms with Gasteiger partial charge < -0.3 is 14.2 Å². The van der Waals surface area contributed by atoms with Gasteiger partial charge in [0.15, 0.2) is 6.10 Å². The summed E-state index contributed by atoms with van der Waals surface area (Å²) in [6, 6.07) is 0. The third kappa shape index (κ3) is 67.4.